The van der Waals surface area contributed by atoms with Gasteiger partial charge < -0.3 is 14.0 Å². The van der Waals surface area contributed by atoms with Gasteiger partial charge in [0, 0.05) is 6.07 Å². The van der Waals surface area contributed by atoms with Gasteiger partial charge in [0.2, 0.25) is 11.0 Å². The van der Waals surface area contributed by atoms with Crippen LogP contribution in [0, 0.1) is 0 Å². The van der Waals surface area contributed by atoms with Gasteiger partial charge in [-0.25, -0.2) is 13.2 Å². The summed E-state index contributed by atoms with van der Waals surface area (Å²) in [6.45, 7) is 0. The Morgan fingerprint density at radius 2 is 1.38 bits per heavy atom. The van der Waals surface area contributed by atoms with Crippen molar-refractivity contribution < 1.29 is 71.3 Å². The molecule has 0 aliphatic rings. The first-order valence-corrected chi connectivity index (χ1v) is 10.9. The van der Waals surface area contributed by atoms with Crippen molar-refractivity contribution in [2.45, 2.75) is 24.0 Å². The van der Waals surface area contributed by atoms with E-state index in [1.807, 2.05) is 0 Å². The molecule has 0 unspecified atom stereocenters. The third-order valence-corrected chi connectivity index (χ3v) is 5.24. The normalized spacial score (nSPS) is 12.9. The highest BCUT2D eigenvalue weighted by Crippen LogP contribution is 2.37. The van der Waals surface area contributed by atoms with Crippen LogP contribution in [0.1, 0.15) is 10.4 Å². The van der Waals surface area contributed by atoms with E-state index >= 15 is 0 Å². The largest absolute Gasteiger partial charge is 0.741 e. The Balaban J connectivity index is 0.000000521. The molecule has 17 heteroatoms. The lowest BCUT2D eigenvalue weighted by Crippen LogP contribution is -2.45. The summed E-state index contributed by atoms with van der Waals surface area (Å²) in [6.07, 6.45) is -15.8. The van der Waals surface area contributed by atoms with Crippen molar-refractivity contribution in [3.8, 4) is 5.75 Å². The molecule has 3 rings (SSSR count). The molecule has 0 aliphatic heterocycles. The molecule has 0 aliphatic carbocycles. The molecule has 0 atom stereocenters. The van der Waals surface area contributed by atoms with E-state index in [9.17, 15) is 44.3 Å². The van der Waals surface area contributed by atoms with Crippen LogP contribution in [-0.2, 0) is 21.9 Å². The summed E-state index contributed by atoms with van der Waals surface area (Å²) < 4.78 is 147. The van der Waals surface area contributed by atoms with Crippen LogP contribution >= 0.6 is 0 Å². The number of nitrogens with zero attached hydrogens (tertiary/aromatic N) is 1. The zero-order valence-corrected chi connectivity index (χ0v) is 19.1. The first-order chi connectivity index (χ1) is 16.7. The van der Waals surface area contributed by atoms with E-state index in [1.165, 1.54) is 37.4 Å². The van der Waals surface area contributed by atoms with E-state index in [-0.39, 0.29) is 10.8 Å². The standard InChI is InChI=1S/C19H14F6NO3.CHF3O3S/c1-26-13-6-4-3-5-11(13)15(12-8-7-10(28-2)9-14(12)26)16(27)29-17(18(20,21)22)19(23,24)25;2-1(3,4)8(5,6)7/h3-9,17H,1-2H3;(H,5,6,7)/q+1;/p-1. The van der Waals surface area contributed by atoms with Crippen LogP contribution < -0.4 is 9.30 Å². The van der Waals surface area contributed by atoms with Gasteiger partial charge in [0.15, 0.2) is 10.1 Å². The van der Waals surface area contributed by atoms with Crippen molar-refractivity contribution in [2.75, 3.05) is 7.11 Å². The summed E-state index contributed by atoms with van der Waals surface area (Å²) in [6, 6.07) is 10.5. The number of aromatic nitrogens is 1. The fraction of sp³-hybridized carbons (Fsp3) is 0.300. The van der Waals surface area contributed by atoms with Crippen molar-refractivity contribution in [2.24, 2.45) is 7.05 Å². The second-order valence-electron chi connectivity index (χ2n) is 7.10. The molecule has 0 radical (unpaired) electrons. The Kier molecular flexibility index (Phi) is 8.24. The smallest absolute Gasteiger partial charge is 0.485 e. The number of para-hydroxylation sites is 1. The molecule has 37 heavy (non-hydrogen) atoms. The number of hydrogen-bond acceptors (Lipinski definition) is 6. The minimum absolute atomic E-state index is 0.125. The molecule has 1 aromatic heterocycles. The number of halogens is 9. The average Bonchev–Trinajstić information content (AvgIpc) is 2.75. The van der Waals surface area contributed by atoms with Gasteiger partial charge >= 0.3 is 23.8 Å². The lowest BCUT2D eigenvalue weighted by molar-refractivity contribution is -0.617. The maximum absolute atomic E-state index is 12.9. The lowest BCUT2D eigenvalue weighted by Gasteiger charge is -2.23. The molecule has 0 saturated heterocycles. The summed E-state index contributed by atoms with van der Waals surface area (Å²) in [5, 5.41) is 0.279. The van der Waals surface area contributed by atoms with Gasteiger partial charge in [-0.2, -0.15) is 44.1 Å². The van der Waals surface area contributed by atoms with Gasteiger partial charge in [-0.15, -0.1) is 0 Å². The van der Waals surface area contributed by atoms with Gasteiger partial charge in [0.25, 0.3) is 6.10 Å². The average molecular weight is 567 g/mol. The van der Waals surface area contributed by atoms with E-state index < -0.39 is 45.6 Å². The first-order valence-electron chi connectivity index (χ1n) is 9.45. The lowest BCUT2D eigenvalue weighted by atomic mass is 10.0. The van der Waals surface area contributed by atoms with Crippen LogP contribution in [0.25, 0.3) is 21.8 Å². The zero-order valence-electron chi connectivity index (χ0n) is 18.3. The molecule has 0 saturated carbocycles. The van der Waals surface area contributed by atoms with E-state index in [0.717, 1.165) is 0 Å². The summed E-state index contributed by atoms with van der Waals surface area (Å²) in [7, 11) is -3.05. The summed E-state index contributed by atoms with van der Waals surface area (Å²) in [5.74, 6) is -1.33. The first kappa shape index (κ1) is 29.9. The van der Waals surface area contributed by atoms with Crippen LogP contribution in [0.2, 0.25) is 0 Å². The molecule has 204 valence electrons. The Morgan fingerprint density at radius 3 is 1.84 bits per heavy atom. The maximum Gasteiger partial charge on any atom is 0.485 e. The van der Waals surface area contributed by atoms with E-state index in [4.69, 9.17) is 17.7 Å². The van der Waals surface area contributed by atoms with E-state index in [1.54, 1.807) is 23.7 Å². The minimum atomic E-state index is -6.09. The number of benzene rings is 2. The highest BCUT2D eigenvalue weighted by Gasteiger charge is 2.60. The Labute approximate surface area is 201 Å². The number of alkyl halides is 9. The number of carbonyl (C=O) groups is 1. The third kappa shape index (κ3) is 6.71. The predicted molar refractivity (Wildman–Crippen MR) is 106 cm³/mol. The Bertz CT molecular complexity index is 1400. The number of rotatable bonds is 3. The summed E-state index contributed by atoms with van der Waals surface area (Å²) in [5.41, 5.74) is -5.26. The molecule has 0 amide bonds. The highest BCUT2D eigenvalue weighted by molar-refractivity contribution is 7.86. The number of fused-ring (bicyclic) bond motifs is 2. The van der Waals surface area contributed by atoms with Crippen molar-refractivity contribution in [1.82, 2.24) is 0 Å². The molecular weight excluding hydrogens is 553 g/mol. The fourth-order valence-electron chi connectivity index (χ4n) is 3.08. The third-order valence-electron chi connectivity index (χ3n) is 4.68. The van der Waals surface area contributed by atoms with Crippen LogP contribution in [0.3, 0.4) is 0 Å². The molecule has 1 heterocycles. The number of esters is 1. The number of ether oxygens (including phenoxy) is 2. The van der Waals surface area contributed by atoms with Crippen LogP contribution in [0.4, 0.5) is 39.5 Å². The highest BCUT2D eigenvalue weighted by atomic mass is 32.2. The molecule has 7 nitrogen and oxygen atoms in total. The van der Waals surface area contributed by atoms with Crippen molar-refractivity contribution in [3.05, 3.63) is 48.0 Å². The molecule has 0 fully saturated rings. The number of hydrogen-bond donors (Lipinski definition) is 0. The SMILES string of the molecule is COc1ccc2c(C(=O)OC(C(F)(F)F)C(F)(F)F)c3ccccc3[n+](C)c2c1.O=S(=O)([O-])C(F)(F)F. The summed E-state index contributed by atoms with van der Waals surface area (Å²) in [4.78, 5) is 12.6. The predicted octanol–water partition coefficient (Wildman–Crippen LogP) is 4.53. The maximum atomic E-state index is 12.9. The minimum Gasteiger partial charge on any atom is -0.741 e. The number of aryl methyl sites for hydroxylation is 1. The second-order valence-corrected chi connectivity index (χ2v) is 8.47. The van der Waals surface area contributed by atoms with Gasteiger partial charge in [0.1, 0.15) is 12.8 Å². The van der Waals surface area contributed by atoms with Crippen molar-refractivity contribution >= 4 is 37.9 Å². The van der Waals surface area contributed by atoms with Crippen molar-refractivity contribution in [3.63, 3.8) is 0 Å². The van der Waals surface area contributed by atoms with Gasteiger partial charge in [-0.05, 0) is 18.2 Å². The second kappa shape index (κ2) is 10.2. The Hall–Kier alpha value is -3.34. The van der Waals surface area contributed by atoms with Crippen LogP contribution in [-0.4, -0.2) is 50.0 Å². The van der Waals surface area contributed by atoms with Gasteiger partial charge in [-0.1, -0.05) is 12.1 Å². The van der Waals surface area contributed by atoms with Crippen LogP contribution in [0.15, 0.2) is 42.5 Å². The molecule has 0 spiro atoms. The van der Waals surface area contributed by atoms with Gasteiger partial charge in [0.05, 0.1) is 29.5 Å². The molecule has 2 aromatic carbocycles. The summed E-state index contributed by atoms with van der Waals surface area (Å²) >= 11 is 0. The number of methoxy groups -OCH3 is 1. The molecule has 3 aromatic rings. The Morgan fingerprint density at radius 1 is 0.892 bits per heavy atom. The van der Waals surface area contributed by atoms with Gasteiger partial charge in [-0.3, -0.25) is 0 Å². The van der Waals surface area contributed by atoms with Crippen molar-refractivity contribution in [1.29, 1.82) is 0 Å². The molecule has 0 bridgehead atoms. The quantitative estimate of drug-likeness (QED) is 0.115. The fourth-order valence-corrected chi connectivity index (χ4v) is 3.08. The van der Waals surface area contributed by atoms with Crippen LogP contribution in [0.5, 0.6) is 5.75 Å². The topological polar surface area (TPSA) is 96.6 Å². The van der Waals surface area contributed by atoms with E-state index in [2.05, 4.69) is 4.74 Å². The molecular formula is C20H14F9NO6S. The zero-order chi connectivity index (χ0) is 28.6. The number of pyridine rings is 1. The number of carbonyl (C=O) groups excluding carboxylic acids is 1. The van der Waals surface area contributed by atoms with E-state index in [0.29, 0.717) is 16.8 Å². The monoisotopic (exact) mass is 567 g/mol. The molecule has 0 N–H and O–H groups in total.